The molecule has 0 aliphatic carbocycles. The number of unbranched alkanes of at least 4 members (excludes halogenated alkanes) is 2. The first-order chi connectivity index (χ1) is 20.2. The maximum atomic E-state index is 10.7. The van der Waals surface area contributed by atoms with Crippen molar-refractivity contribution in [3.8, 4) is 0 Å². The van der Waals surface area contributed by atoms with Gasteiger partial charge in [0, 0.05) is 18.4 Å². The van der Waals surface area contributed by atoms with Gasteiger partial charge in [0.05, 0.1) is 0 Å². The highest BCUT2D eigenvalue weighted by Gasteiger charge is 1.88. The monoisotopic (exact) mass is 594 g/mol. The van der Waals surface area contributed by atoms with Crippen molar-refractivity contribution in [2.45, 2.75) is 97.8 Å². The molecule has 0 aliphatic rings. The number of rotatable bonds is 23. The van der Waals surface area contributed by atoms with Crippen molar-refractivity contribution in [2.75, 3.05) is 11.5 Å². The number of carbonyl (C=O) groups excluding carboxylic acids is 1. The van der Waals surface area contributed by atoms with E-state index < -0.39 is 0 Å². The van der Waals surface area contributed by atoms with Crippen LogP contribution in [0.1, 0.15) is 97.8 Å². The molecule has 0 bridgehead atoms. The molecule has 0 unspecified atom stereocenters. The summed E-state index contributed by atoms with van der Waals surface area (Å²) >= 11 is 5.48. The topological polar surface area (TPSA) is 17.1 Å². The number of hydrogen-bond acceptors (Lipinski definition) is 3. The summed E-state index contributed by atoms with van der Waals surface area (Å²) in [5.74, 6) is 1.64. The number of carbonyl (C=O) groups is 1. The fourth-order valence-electron chi connectivity index (χ4n) is 3.12. The van der Waals surface area contributed by atoms with Crippen LogP contribution in [0.2, 0.25) is 0 Å². The Morgan fingerprint density at radius 3 is 1.07 bits per heavy atom. The lowest BCUT2D eigenvalue weighted by Crippen LogP contribution is -1.81. The van der Waals surface area contributed by atoms with Crippen LogP contribution in [0.5, 0.6) is 0 Å². The third-order valence-corrected chi connectivity index (χ3v) is 6.24. The van der Waals surface area contributed by atoms with Crippen LogP contribution >= 0.6 is 24.4 Å². The molecular formula is C38H58OS2. The Balaban J connectivity index is 0. The molecule has 0 atom stereocenters. The molecule has 228 valence electrons. The number of thioether (sulfide) groups is 1. The molecule has 0 N–H and O–H groups in total. The van der Waals surface area contributed by atoms with E-state index in [9.17, 15) is 4.79 Å². The van der Waals surface area contributed by atoms with Crippen molar-refractivity contribution in [1.29, 1.82) is 0 Å². The van der Waals surface area contributed by atoms with Crippen LogP contribution in [0.4, 0.5) is 0 Å². The van der Waals surface area contributed by atoms with E-state index in [4.69, 9.17) is 0 Å². The fraction of sp³-hybridized carbons (Fsp3) is 0.447. The van der Waals surface area contributed by atoms with Gasteiger partial charge in [0.2, 0.25) is 0 Å². The van der Waals surface area contributed by atoms with Gasteiger partial charge in [-0.1, -0.05) is 147 Å². The van der Waals surface area contributed by atoms with Crippen molar-refractivity contribution >= 4 is 29.5 Å². The van der Waals surface area contributed by atoms with E-state index in [0.29, 0.717) is 0 Å². The van der Waals surface area contributed by atoms with Crippen molar-refractivity contribution in [3.05, 3.63) is 122 Å². The Morgan fingerprint density at radius 1 is 0.463 bits per heavy atom. The van der Waals surface area contributed by atoms with Crippen LogP contribution in [-0.4, -0.2) is 16.6 Å². The molecule has 0 rings (SSSR count). The lowest BCUT2D eigenvalue weighted by Gasteiger charge is -1.89. The molecule has 0 heterocycles. The minimum Gasteiger partial charge on any atom is -0.288 e. The molecule has 1 nitrogen and oxygen atoms in total. The Morgan fingerprint density at radius 2 is 0.756 bits per heavy atom. The zero-order valence-corrected chi connectivity index (χ0v) is 27.9. The van der Waals surface area contributed by atoms with Crippen LogP contribution in [0.25, 0.3) is 0 Å². The largest absolute Gasteiger partial charge is 0.288 e. The van der Waals surface area contributed by atoms with Crippen LogP contribution < -0.4 is 0 Å². The summed E-state index contributed by atoms with van der Waals surface area (Å²) in [6.45, 7) is 5.92. The van der Waals surface area contributed by atoms with Gasteiger partial charge in [-0.25, -0.2) is 0 Å². The first kappa shape index (κ1) is 40.9. The number of thiol groups is 1. The standard InChI is InChI=1S/C20H30OS.C18H28S/c1-3-4-5-6-7-8-9-10-11-12-13-14-15-16-17-18-19-22-20(2)21;1-2-3-4-5-6-7-8-9-10-11-12-13-14-15-16-17-18-19/h4-5,7-8,10-11,13-14,17-18H,3,6,9,12,15-16,19H2,1-2H3;3-4,6-7,9-10,12-13,16-17,19H,2,5,8,11,14-15,18H2,1H3/b5-4-,8-7-,11-10-,14-13-,18-17+;4-3-,7-6-,10-9-,13-12-,17-16+. The van der Waals surface area contributed by atoms with Gasteiger partial charge in [0.25, 0.3) is 0 Å². The smallest absolute Gasteiger partial charge is 0.186 e. The summed E-state index contributed by atoms with van der Waals surface area (Å²) in [6.07, 6.45) is 56.8. The number of allylic oxidation sites excluding steroid dienone is 18. The third kappa shape index (κ3) is 45.0. The van der Waals surface area contributed by atoms with Crippen LogP contribution in [0, 0.1) is 0 Å². The maximum absolute atomic E-state index is 10.7. The van der Waals surface area contributed by atoms with Gasteiger partial charge >= 0.3 is 0 Å². The highest BCUT2D eigenvalue weighted by Crippen LogP contribution is 2.03. The summed E-state index contributed by atoms with van der Waals surface area (Å²) in [6, 6.07) is 0. The number of hydrogen-bond donors (Lipinski definition) is 1. The molecule has 0 aromatic carbocycles. The van der Waals surface area contributed by atoms with Crippen LogP contribution in [0.15, 0.2) is 122 Å². The van der Waals surface area contributed by atoms with Crippen LogP contribution in [-0.2, 0) is 4.79 Å². The summed E-state index contributed by atoms with van der Waals surface area (Å²) in [5, 5.41) is 0.184. The summed E-state index contributed by atoms with van der Waals surface area (Å²) < 4.78 is 0. The Kier molecular flexibility index (Phi) is 39.8. The maximum Gasteiger partial charge on any atom is 0.186 e. The predicted molar refractivity (Wildman–Crippen MR) is 195 cm³/mol. The van der Waals surface area contributed by atoms with Gasteiger partial charge in [0.1, 0.15) is 0 Å². The van der Waals surface area contributed by atoms with Gasteiger partial charge in [-0.2, -0.15) is 12.6 Å². The SMILES string of the molecule is CC/C=C\C/C=C\C/C=C\C/C=C\CC/C=C/CS.CC/C=C\C/C=C\C/C=C\C/C=C\CC/C=C/CSC(C)=O. The second-order valence-corrected chi connectivity index (χ2v) is 10.6. The lowest BCUT2D eigenvalue weighted by molar-refractivity contribution is -0.109. The molecule has 0 radical (unpaired) electrons. The zero-order valence-electron chi connectivity index (χ0n) is 26.2. The Bertz CT molecular complexity index is 848. The van der Waals surface area contributed by atoms with Gasteiger partial charge in [-0.05, 0) is 77.0 Å². The Hall–Kier alpha value is -2.23. The van der Waals surface area contributed by atoms with E-state index >= 15 is 0 Å². The molecule has 41 heavy (non-hydrogen) atoms. The van der Waals surface area contributed by atoms with Gasteiger partial charge in [0.15, 0.2) is 5.12 Å². The molecule has 0 aromatic rings. The van der Waals surface area contributed by atoms with E-state index in [1.165, 1.54) is 11.8 Å². The van der Waals surface area contributed by atoms with E-state index in [1.807, 2.05) is 0 Å². The second-order valence-electron chi connectivity index (χ2n) is 9.08. The van der Waals surface area contributed by atoms with Gasteiger partial charge < -0.3 is 0 Å². The summed E-state index contributed by atoms with van der Waals surface area (Å²) in [5.41, 5.74) is 0. The molecule has 0 fully saturated rings. The molecule has 0 aliphatic heterocycles. The molecule has 0 amide bonds. The molecular weight excluding hydrogens is 537 g/mol. The molecule has 0 saturated carbocycles. The van der Waals surface area contributed by atoms with Crippen molar-refractivity contribution in [3.63, 3.8) is 0 Å². The minimum absolute atomic E-state index is 0.184. The van der Waals surface area contributed by atoms with Gasteiger partial charge in [-0.15, -0.1) is 0 Å². The average molecular weight is 595 g/mol. The predicted octanol–water partition coefficient (Wildman–Crippen LogP) is 12.5. The van der Waals surface area contributed by atoms with E-state index in [-0.39, 0.29) is 5.12 Å². The van der Waals surface area contributed by atoms with E-state index in [1.54, 1.807) is 6.92 Å². The molecule has 0 spiro atoms. The normalized spacial score (nSPS) is 13.0. The molecule has 0 aromatic heterocycles. The first-order valence-electron chi connectivity index (χ1n) is 15.4. The second kappa shape index (κ2) is 39.9. The van der Waals surface area contributed by atoms with Crippen LogP contribution in [0.3, 0.4) is 0 Å². The molecule has 0 saturated heterocycles. The van der Waals surface area contributed by atoms with E-state index in [2.05, 4.69) is 148 Å². The third-order valence-electron chi connectivity index (χ3n) is 5.26. The van der Waals surface area contributed by atoms with Gasteiger partial charge in [-0.3, -0.25) is 4.79 Å². The Labute approximate surface area is 264 Å². The first-order valence-corrected chi connectivity index (χ1v) is 17.0. The molecule has 3 heteroatoms. The lowest BCUT2D eigenvalue weighted by atomic mass is 10.2. The fourth-order valence-corrected chi connectivity index (χ4v) is 3.74. The average Bonchev–Trinajstić information content (AvgIpc) is 2.97. The summed E-state index contributed by atoms with van der Waals surface area (Å²) in [4.78, 5) is 10.7. The highest BCUT2D eigenvalue weighted by molar-refractivity contribution is 8.13. The quantitative estimate of drug-likeness (QED) is 0.0720. The highest BCUT2D eigenvalue weighted by atomic mass is 32.2. The minimum atomic E-state index is 0.184. The zero-order chi connectivity index (χ0) is 30.3. The van der Waals surface area contributed by atoms with Crippen molar-refractivity contribution < 1.29 is 4.79 Å². The van der Waals surface area contributed by atoms with Crippen molar-refractivity contribution in [2.24, 2.45) is 0 Å². The van der Waals surface area contributed by atoms with Crippen molar-refractivity contribution in [1.82, 2.24) is 0 Å². The summed E-state index contributed by atoms with van der Waals surface area (Å²) in [7, 11) is 0. The van der Waals surface area contributed by atoms with E-state index in [0.717, 1.165) is 88.6 Å².